The summed E-state index contributed by atoms with van der Waals surface area (Å²) in [5, 5.41) is 0. The molecule has 0 radical (unpaired) electrons. The van der Waals surface area contributed by atoms with Crippen molar-refractivity contribution in [1.29, 1.82) is 0 Å². The fraction of sp³-hybridized carbons (Fsp3) is 0.538. The summed E-state index contributed by atoms with van der Waals surface area (Å²) in [4.78, 5) is 2.36. The molecule has 2 nitrogen and oxygen atoms in total. The summed E-state index contributed by atoms with van der Waals surface area (Å²) in [5.41, 5.74) is 10.2. The first-order valence-electron chi connectivity index (χ1n) is 5.68. The fourth-order valence-corrected chi connectivity index (χ4v) is 2.40. The van der Waals surface area contributed by atoms with Gasteiger partial charge in [-0.2, -0.15) is 0 Å². The van der Waals surface area contributed by atoms with Gasteiger partial charge in [-0.1, -0.05) is 12.1 Å². The van der Waals surface area contributed by atoms with E-state index in [1.807, 2.05) is 0 Å². The maximum Gasteiger partial charge on any atom is 0.0402 e. The monoisotopic (exact) mass is 204 g/mol. The molecule has 2 heteroatoms. The highest BCUT2D eigenvalue weighted by molar-refractivity contribution is 5.61. The van der Waals surface area contributed by atoms with Crippen LogP contribution in [0.4, 0.5) is 5.69 Å². The van der Waals surface area contributed by atoms with E-state index in [1.54, 1.807) is 0 Å². The van der Waals surface area contributed by atoms with Crippen molar-refractivity contribution in [2.75, 3.05) is 11.9 Å². The minimum atomic E-state index is 0.248. The Bertz CT molecular complexity index is 358. The number of hydrogen-bond acceptors (Lipinski definition) is 2. The fourth-order valence-electron chi connectivity index (χ4n) is 2.40. The van der Waals surface area contributed by atoms with Gasteiger partial charge in [0.15, 0.2) is 0 Å². The molecule has 0 aromatic heterocycles. The van der Waals surface area contributed by atoms with E-state index in [2.05, 4.69) is 44.0 Å². The number of benzene rings is 1. The maximum absolute atomic E-state index is 5.87. The predicted molar refractivity (Wildman–Crippen MR) is 65.4 cm³/mol. The SMILES string of the molecule is CC(N)Cc1cccc2c1CC(C)N2C. The van der Waals surface area contributed by atoms with E-state index in [-0.39, 0.29) is 6.04 Å². The van der Waals surface area contributed by atoms with Gasteiger partial charge in [0.2, 0.25) is 0 Å². The molecular formula is C13H20N2. The van der Waals surface area contributed by atoms with Crippen molar-refractivity contribution in [3.63, 3.8) is 0 Å². The molecule has 0 spiro atoms. The number of rotatable bonds is 2. The van der Waals surface area contributed by atoms with Crippen LogP contribution in [0.15, 0.2) is 18.2 Å². The van der Waals surface area contributed by atoms with Crippen molar-refractivity contribution in [2.24, 2.45) is 5.73 Å². The van der Waals surface area contributed by atoms with Crippen LogP contribution in [0.2, 0.25) is 0 Å². The van der Waals surface area contributed by atoms with Gasteiger partial charge in [0.05, 0.1) is 0 Å². The second kappa shape index (κ2) is 3.86. The van der Waals surface area contributed by atoms with Gasteiger partial charge in [-0.25, -0.2) is 0 Å². The van der Waals surface area contributed by atoms with Crippen molar-refractivity contribution >= 4 is 5.69 Å². The molecule has 2 atom stereocenters. The van der Waals surface area contributed by atoms with Crippen LogP contribution < -0.4 is 10.6 Å². The highest BCUT2D eigenvalue weighted by Crippen LogP contribution is 2.33. The van der Waals surface area contributed by atoms with Gasteiger partial charge in [-0.05, 0) is 43.9 Å². The topological polar surface area (TPSA) is 29.3 Å². The zero-order valence-electron chi connectivity index (χ0n) is 9.83. The molecule has 0 bridgehead atoms. The molecular weight excluding hydrogens is 184 g/mol. The highest BCUT2D eigenvalue weighted by Gasteiger charge is 2.24. The summed E-state index contributed by atoms with van der Waals surface area (Å²) < 4.78 is 0. The van der Waals surface area contributed by atoms with Crippen LogP contribution in [-0.2, 0) is 12.8 Å². The molecule has 15 heavy (non-hydrogen) atoms. The van der Waals surface area contributed by atoms with Crippen LogP contribution in [0.25, 0.3) is 0 Å². The van der Waals surface area contributed by atoms with E-state index in [1.165, 1.54) is 16.8 Å². The van der Waals surface area contributed by atoms with E-state index in [4.69, 9.17) is 5.73 Å². The quantitative estimate of drug-likeness (QED) is 0.798. The molecule has 1 aliphatic heterocycles. The third-order valence-corrected chi connectivity index (χ3v) is 3.33. The van der Waals surface area contributed by atoms with Gasteiger partial charge >= 0.3 is 0 Å². The second-order valence-electron chi connectivity index (χ2n) is 4.76. The third kappa shape index (κ3) is 1.86. The molecule has 2 N–H and O–H groups in total. The Hall–Kier alpha value is -1.02. The lowest BCUT2D eigenvalue weighted by Gasteiger charge is -2.18. The third-order valence-electron chi connectivity index (χ3n) is 3.33. The van der Waals surface area contributed by atoms with Crippen LogP contribution in [0, 0.1) is 0 Å². The first-order chi connectivity index (χ1) is 7.09. The summed E-state index contributed by atoms with van der Waals surface area (Å²) in [7, 11) is 2.17. The first kappa shape index (κ1) is 10.5. The molecule has 0 aliphatic carbocycles. The molecule has 1 aromatic carbocycles. The average molecular weight is 204 g/mol. The molecule has 2 rings (SSSR count). The van der Waals surface area contributed by atoms with Gasteiger partial charge in [-0.3, -0.25) is 0 Å². The Morgan fingerprint density at radius 2 is 2.27 bits per heavy atom. The Balaban J connectivity index is 2.36. The molecule has 1 heterocycles. The van der Waals surface area contributed by atoms with E-state index >= 15 is 0 Å². The maximum atomic E-state index is 5.87. The van der Waals surface area contributed by atoms with E-state index in [0.29, 0.717) is 6.04 Å². The van der Waals surface area contributed by atoms with Crippen molar-refractivity contribution in [3.05, 3.63) is 29.3 Å². The van der Waals surface area contributed by atoms with Crippen molar-refractivity contribution in [2.45, 2.75) is 38.8 Å². The second-order valence-corrected chi connectivity index (χ2v) is 4.76. The molecule has 0 saturated carbocycles. The highest BCUT2D eigenvalue weighted by atomic mass is 15.1. The van der Waals surface area contributed by atoms with Gasteiger partial charge in [0, 0.05) is 24.8 Å². The number of nitrogens with zero attached hydrogens (tertiary/aromatic N) is 1. The molecule has 1 aromatic rings. The molecule has 82 valence electrons. The Morgan fingerprint density at radius 3 is 2.93 bits per heavy atom. The smallest absolute Gasteiger partial charge is 0.0402 e. The van der Waals surface area contributed by atoms with Crippen LogP contribution in [-0.4, -0.2) is 19.1 Å². The molecule has 2 unspecified atom stereocenters. The predicted octanol–water partition coefficient (Wildman–Crippen LogP) is 1.96. The van der Waals surface area contributed by atoms with E-state index < -0.39 is 0 Å². The summed E-state index contributed by atoms with van der Waals surface area (Å²) in [5.74, 6) is 0. The van der Waals surface area contributed by atoms with Gasteiger partial charge in [0.25, 0.3) is 0 Å². The van der Waals surface area contributed by atoms with Crippen LogP contribution in [0.3, 0.4) is 0 Å². The van der Waals surface area contributed by atoms with Crippen molar-refractivity contribution in [3.8, 4) is 0 Å². The summed E-state index contributed by atoms with van der Waals surface area (Å²) >= 11 is 0. The number of nitrogens with two attached hydrogens (primary N) is 1. The number of likely N-dealkylation sites (N-methyl/N-ethyl adjacent to an activating group) is 1. The summed E-state index contributed by atoms with van der Waals surface area (Å²) in [6, 6.07) is 7.44. The molecule has 0 fully saturated rings. The Kier molecular flexibility index (Phi) is 2.70. The van der Waals surface area contributed by atoms with Gasteiger partial charge in [-0.15, -0.1) is 0 Å². The lowest BCUT2D eigenvalue weighted by atomic mass is 9.98. The Labute approximate surface area is 92.1 Å². The lowest BCUT2D eigenvalue weighted by Crippen LogP contribution is -2.23. The van der Waals surface area contributed by atoms with Crippen molar-refractivity contribution in [1.82, 2.24) is 0 Å². The summed E-state index contributed by atoms with van der Waals surface area (Å²) in [6.07, 6.45) is 2.15. The largest absolute Gasteiger partial charge is 0.371 e. The van der Waals surface area contributed by atoms with Crippen LogP contribution >= 0.6 is 0 Å². The minimum Gasteiger partial charge on any atom is -0.371 e. The van der Waals surface area contributed by atoms with Gasteiger partial charge < -0.3 is 10.6 Å². The molecule has 0 amide bonds. The number of anilines is 1. The van der Waals surface area contributed by atoms with E-state index in [9.17, 15) is 0 Å². The average Bonchev–Trinajstić information content (AvgIpc) is 2.45. The lowest BCUT2D eigenvalue weighted by molar-refractivity contribution is 0.713. The first-order valence-corrected chi connectivity index (χ1v) is 5.68. The Morgan fingerprint density at radius 1 is 1.53 bits per heavy atom. The standard InChI is InChI=1S/C13H20N2/c1-9(14)7-11-5-4-6-13-12(11)8-10(2)15(13)3/h4-6,9-10H,7-8,14H2,1-3H3. The van der Waals surface area contributed by atoms with Crippen LogP contribution in [0.1, 0.15) is 25.0 Å². The zero-order valence-corrected chi connectivity index (χ0v) is 9.83. The zero-order chi connectivity index (χ0) is 11.0. The van der Waals surface area contributed by atoms with Crippen LogP contribution in [0.5, 0.6) is 0 Å². The number of hydrogen-bond donors (Lipinski definition) is 1. The number of fused-ring (bicyclic) bond motifs is 1. The van der Waals surface area contributed by atoms with Gasteiger partial charge in [0.1, 0.15) is 0 Å². The van der Waals surface area contributed by atoms with E-state index in [0.717, 1.165) is 12.8 Å². The van der Waals surface area contributed by atoms with Crippen molar-refractivity contribution < 1.29 is 0 Å². The summed E-state index contributed by atoms with van der Waals surface area (Å²) in [6.45, 7) is 4.34. The molecule has 1 aliphatic rings. The molecule has 0 saturated heterocycles. The minimum absolute atomic E-state index is 0.248. The normalized spacial score (nSPS) is 21.6.